The Kier molecular flexibility index (Phi) is 3.65. The van der Waals surface area contributed by atoms with Crippen molar-refractivity contribution in [1.29, 1.82) is 0 Å². The summed E-state index contributed by atoms with van der Waals surface area (Å²) in [4.78, 5) is 20.2. The molecule has 0 saturated heterocycles. The first-order valence-corrected chi connectivity index (χ1v) is 7.00. The Balaban J connectivity index is 2.05. The first kappa shape index (κ1) is 14.3. The normalized spacial score (nSPS) is 11.1. The molecule has 0 saturated carbocycles. The Hall–Kier alpha value is -2.66. The van der Waals surface area contributed by atoms with Crippen LogP contribution in [0.4, 0.5) is 0 Å². The van der Waals surface area contributed by atoms with Gasteiger partial charge in [0.2, 0.25) is 5.89 Å². The van der Waals surface area contributed by atoms with E-state index in [1.54, 1.807) is 18.2 Å². The highest BCUT2D eigenvalue weighted by molar-refractivity contribution is 5.90. The summed E-state index contributed by atoms with van der Waals surface area (Å²) in [5.74, 6) is 5.20. The van der Waals surface area contributed by atoms with Gasteiger partial charge in [0.25, 0.3) is 0 Å². The predicted octanol–water partition coefficient (Wildman–Crippen LogP) is 3.65. The van der Waals surface area contributed by atoms with E-state index in [-0.39, 0.29) is 0 Å². The topological polar surface area (TPSA) is 78.3 Å². The third kappa shape index (κ3) is 2.58. The van der Waals surface area contributed by atoms with E-state index in [0.717, 1.165) is 5.52 Å². The standard InChI is InChI=1S/C17H16N2O3/c1-10(2)11-6-7-15-14(9-11)19-16(21-15)12-4-3-5-13(8-12)17(20)22-18/h3-10H,18H2,1-2H3. The smallest absolute Gasteiger partial charge is 0.356 e. The minimum Gasteiger partial charge on any atom is -0.436 e. The summed E-state index contributed by atoms with van der Waals surface area (Å²) in [5, 5.41) is 0. The number of rotatable bonds is 3. The lowest BCUT2D eigenvalue weighted by molar-refractivity contribution is 0.0503. The second kappa shape index (κ2) is 5.61. The van der Waals surface area contributed by atoms with Crippen LogP contribution in [0.1, 0.15) is 35.7 Å². The lowest BCUT2D eigenvalue weighted by Crippen LogP contribution is -2.09. The van der Waals surface area contributed by atoms with Crippen molar-refractivity contribution < 1.29 is 14.0 Å². The highest BCUT2D eigenvalue weighted by atomic mass is 16.7. The minimum atomic E-state index is -0.597. The van der Waals surface area contributed by atoms with Gasteiger partial charge in [-0.3, -0.25) is 0 Å². The van der Waals surface area contributed by atoms with E-state index in [1.165, 1.54) is 5.56 Å². The second-order valence-electron chi connectivity index (χ2n) is 5.39. The van der Waals surface area contributed by atoms with Crippen LogP contribution in [-0.2, 0) is 4.84 Å². The van der Waals surface area contributed by atoms with Crippen molar-refractivity contribution in [3.05, 3.63) is 53.6 Å². The van der Waals surface area contributed by atoms with Gasteiger partial charge in [0.15, 0.2) is 5.58 Å². The molecular weight excluding hydrogens is 280 g/mol. The number of oxazole rings is 1. The molecule has 112 valence electrons. The first-order valence-electron chi connectivity index (χ1n) is 7.00. The van der Waals surface area contributed by atoms with Crippen LogP contribution in [0, 0.1) is 0 Å². The van der Waals surface area contributed by atoms with Crippen LogP contribution in [0.15, 0.2) is 46.9 Å². The van der Waals surface area contributed by atoms with E-state index in [9.17, 15) is 4.79 Å². The summed E-state index contributed by atoms with van der Waals surface area (Å²) in [6.45, 7) is 4.26. The number of carbonyl (C=O) groups excluding carboxylic acids is 1. The van der Waals surface area contributed by atoms with Gasteiger partial charge in [0, 0.05) is 5.56 Å². The fourth-order valence-electron chi connectivity index (χ4n) is 2.27. The average Bonchev–Trinajstić information content (AvgIpc) is 2.97. The van der Waals surface area contributed by atoms with Gasteiger partial charge in [-0.2, -0.15) is 5.90 Å². The summed E-state index contributed by atoms with van der Waals surface area (Å²) in [7, 11) is 0. The zero-order valence-electron chi connectivity index (χ0n) is 12.4. The second-order valence-corrected chi connectivity index (χ2v) is 5.39. The maximum atomic E-state index is 11.5. The SMILES string of the molecule is CC(C)c1ccc2oc(-c3cccc(C(=O)ON)c3)nc2c1. The number of fused-ring (bicyclic) bond motifs is 1. The third-order valence-electron chi connectivity index (χ3n) is 3.53. The Morgan fingerprint density at radius 2 is 2.05 bits per heavy atom. The van der Waals surface area contributed by atoms with Crippen molar-refractivity contribution in [3.8, 4) is 11.5 Å². The molecule has 0 unspecified atom stereocenters. The fraction of sp³-hybridized carbons (Fsp3) is 0.176. The predicted molar refractivity (Wildman–Crippen MR) is 83.1 cm³/mol. The Morgan fingerprint density at radius 3 is 2.77 bits per heavy atom. The largest absolute Gasteiger partial charge is 0.436 e. The zero-order valence-corrected chi connectivity index (χ0v) is 12.4. The molecule has 0 atom stereocenters. The molecule has 3 aromatic rings. The molecule has 1 heterocycles. The first-order chi connectivity index (χ1) is 10.6. The van der Waals surface area contributed by atoms with Crippen molar-refractivity contribution in [1.82, 2.24) is 4.98 Å². The maximum Gasteiger partial charge on any atom is 0.356 e. The molecule has 0 fully saturated rings. The molecular formula is C17H16N2O3. The van der Waals surface area contributed by atoms with Crippen molar-refractivity contribution >= 4 is 17.1 Å². The molecule has 0 amide bonds. The molecule has 1 aromatic heterocycles. The molecule has 5 heteroatoms. The number of hydrogen-bond donors (Lipinski definition) is 1. The van der Waals surface area contributed by atoms with Gasteiger partial charge in [-0.1, -0.05) is 26.0 Å². The number of benzene rings is 2. The lowest BCUT2D eigenvalue weighted by atomic mass is 10.0. The van der Waals surface area contributed by atoms with Gasteiger partial charge in [0.05, 0.1) is 5.56 Å². The summed E-state index contributed by atoms with van der Waals surface area (Å²) in [6, 6.07) is 12.8. The van der Waals surface area contributed by atoms with Crippen LogP contribution >= 0.6 is 0 Å². The quantitative estimate of drug-likeness (QED) is 0.746. The van der Waals surface area contributed by atoms with Crippen molar-refractivity contribution in [2.75, 3.05) is 0 Å². The zero-order chi connectivity index (χ0) is 15.7. The number of aromatic nitrogens is 1. The van der Waals surface area contributed by atoms with Gasteiger partial charge in [-0.05, 0) is 41.8 Å². The van der Waals surface area contributed by atoms with E-state index >= 15 is 0 Å². The van der Waals surface area contributed by atoms with Crippen LogP contribution in [0.5, 0.6) is 0 Å². The van der Waals surface area contributed by atoms with Crippen LogP contribution in [-0.4, -0.2) is 11.0 Å². The molecule has 5 nitrogen and oxygen atoms in total. The Morgan fingerprint density at radius 1 is 1.23 bits per heavy atom. The lowest BCUT2D eigenvalue weighted by Gasteiger charge is -2.02. The summed E-state index contributed by atoms with van der Waals surface area (Å²) >= 11 is 0. The molecule has 3 rings (SSSR count). The number of carbonyl (C=O) groups is 1. The third-order valence-corrected chi connectivity index (χ3v) is 3.53. The molecule has 0 aliphatic heterocycles. The van der Waals surface area contributed by atoms with Crippen LogP contribution in [0.3, 0.4) is 0 Å². The Labute approximate surface area is 127 Å². The molecule has 2 aromatic carbocycles. The van der Waals surface area contributed by atoms with Crippen molar-refractivity contribution in [2.24, 2.45) is 5.90 Å². The van der Waals surface area contributed by atoms with Gasteiger partial charge < -0.3 is 9.25 Å². The molecule has 0 bridgehead atoms. The molecule has 22 heavy (non-hydrogen) atoms. The molecule has 0 aliphatic rings. The maximum absolute atomic E-state index is 11.5. The van der Waals surface area contributed by atoms with E-state index in [2.05, 4.69) is 23.7 Å². The van der Waals surface area contributed by atoms with E-state index in [0.29, 0.717) is 28.5 Å². The highest BCUT2D eigenvalue weighted by Crippen LogP contribution is 2.27. The van der Waals surface area contributed by atoms with E-state index in [4.69, 9.17) is 10.3 Å². The van der Waals surface area contributed by atoms with Crippen LogP contribution in [0.25, 0.3) is 22.6 Å². The molecule has 0 aliphatic carbocycles. The van der Waals surface area contributed by atoms with Crippen molar-refractivity contribution in [3.63, 3.8) is 0 Å². The number of nitrogens with two attached hydrogens (primary N) is 1. The van der Waals surface area contributed by atoms with E-state index < -0.39 is 5.97 Å². The molecule has 0 spiro atoms. The molecule has 0 radical (unpaired) electrons. The van der Waals surface area contributed by atoms with Crippen LogP contribution < -0.4 is 5.90 Å². The summed E-state index contributed by atoms with van der Waals surface area (Å²) in [5.41, 5.74) is 3.77. The molecule has 2 N–H and O–H groups in total. The van der Waals surface area contributed by atoms with Crippen molar-refractivity contribution in [2.45, 2.75) is 19.8 Å². The Bertz CT molecular complexity index is 837. The van der Waals surface area contributed by atoms with Gasteiger partial charge >= 0.3 is 5.97 Å². The summed E-state index contributed by atoms with van der Waals surface area (Å²) < 4.78 is 5.76. The number of hydrogen-bond acceptors (Lipinski definition) is 5. The monoisotopic (exact) mass is 296 g/mol. The van der Waals surface area contributed by atoms with E-state index in [1.807, 2.05) is 24.3 Å². The summed E-state index contributed by atoms with van der Waals surface area (Å²) in [6.07, 6.45) is 0. The number of nitrogens with zero attached hydrogens (tertiary/aromatic N) is 1. The van der Waals surface area contributed by atoms with Gasteiger partial charge in [0.1, 0.15) is 5.52 Å². The van der Waals surface area contributed by atoms with Gasteiger partial charge in [-0.15, -0.1) is 0 Å². The highest BCUT2D eigenvalue weighted by Gasteiger charge is 2.12. The minimum absolute atomic E-state index is 0.352. The van der Waals surface area contributed by atoms with Crippen LogP contribution in [0.2, 0.25) is 0 Å². The van der Waals surface area contributed by atoms with Gasteiger partial charge in [-0.25, -0.2) is 9.78 Å². The average molecular weight is 296 g/mol. The fourth-order valence-corrected chi connectivity index (χ4v) is 2.27.